The van der Waals surface area contributed by atoms with Gasteiger partial charge in [-0.3, -0.25) is 9.67 Å². The Morgan fingerprint density at radius 2 is 2.24 bits per heavy atom. The first-order valence-electron chi connectivity index (χ1n) is 5.54. The van der Waals surface area contributed by atoms with Gasteiger partial charge in [0, 0.05) is 18.9 Å². The second kappa shape index (κ2) is 5.29. The summed E-state index contributed by atoms with van der Waals surface area (Å²) in [5.41, 5.74) is 1.18. The van der Waals surface area contributed by atoms with Crippen LogP contribution in [0.3, 0.4) is 0 Å². The van der Waals surface area contributed by atoms with E-state index in [0.717, 1.165) is 13.0 Å². The molecule has 0 radical (unpaired) electrons. The first kappa shape index (κ1) is 12.1. The fourth-order valence-electron chi connectivity index (χ4n) is 1.71. The van der Waals surface area contributed by atoms with E-state index in [9.17, 15) is 5.11 Å². The molecule has 2 aromatic rings. The molecule has 0 bridgehead atoms. The number of nitrogens with zero attached hydrogens (tertiary/aromatic N) is 3. The molecule has 0 fully saturated rings. The highest BCUT2D eigenvalue weighted by atomic mass is 35.5. The molecule has 5 heteroatoms. The van der Waals surface area contributed by atoms with Gasteiger partial charge in [-0.05, 0) is 24.6 Å². The summed E-state index contributed by atoms with van der Waals surface area (Å²) < 4.78 is 1.77. The number of rotatable bonds is 4. The largest absolute Gasteiger partial charge is 0.380 e. The van der Waals surface area contributed by atoms with Crippen LogP contribution in [0.25, 0.3) is 0 Å². The molecule has 0 aliphatic carbocycles. The lowest BCUT2D eigenvalue weighted by atomic mass is 10.1. The lowest BCUT2D eigenvalue weighted by Crippen LogP contribution is -2.11. The number of aryl methyl sites for hydroxylation is 1. The van der Waals surface area contributed by atoms with E-state index in [-0.39, 0.29) is 0 Å². The zero-order chi connectivity index (χ0) is 12.3. The van der Waals surface area contributed by atoms with Crippen molar-refractivity contribution in [2.24, 2.45) is 0 Å². The third kappa shape index (κ3) is 2.48. The summed E-state index contributed by atoms with van der Waals surface area (Å²) >= 11 is 6.01. The van der Waals surface area contributed by atoms with Crippen LogP contribution in [0.2, 0.25) is 5.02 Å². The van der Waals surface area contributed by atoms with Crippen LogP contribution in [-0.2, 0) is 6.54 Å². The molecule has 0 saturated heterocycles. The lowest BCUT2D eigenvalue weighted by molar-refractivity contribution is 0.202. The van der Waals surface area contributed by atoms with E-state index in [4.69, 9.17) is 11.6 Å². The zero-order valence-corrected chi connectivity index (χ0v) is 10.3. The Labute approximate surface area is 105 Å². The van der Waals surface area contributed by atoms with E-state index in [0.29, 0.717) is 16.4 Å². The van der Waals surface area contributed by atoms with Crippen LogP contribution in [0.1, 0.15) is 30.8 Å². The third-order valence-electron chi connectivity index (χ3n) is 2.51. The summed E-state index contributed by atoms with van der Waals surface area (Å²) in [5, 5.41) is 14.9. The van der Waals surface area contributed by atoms with Crippen molar-refractivity contribution < 1.29 is 5.11 Å². The van der Waals surface area contributed by atoms with Gasteiger partial charge in [0.1, 0.15) is 6.10 Å². The molecule has 0 spiro atoms. The predicted octanol–water partition coefficient (Wildman–Crippen LogP) is 2.42. The highest BCUT2D eigenvalue weighted by Crippen LogP contribution is 2.25. The average Bonchev–Trinajstić information content (AvgIpc) is 2.78. The minimum absolute atomic E-state index is 0.462. The molecule has 0 aliphatic rings. The Morgan fingerprint density at radius 3 is 2.94 bits per heavy atom. The van der Waals surface area contributed by atoms with Crippen LogP contribution >= 0.6 is 11.6 Å². The zero-order valence-electron chi connectivity index (χ0n) is 9.55. The minimum atomic E-state index is -0.835. The monoisotopic (exact) mass is 251 g/mol. The molecule has 2 heterocycles. The van der Waals surface area contributed by atoms with Crippen molar-refractivity contribution in [3.8, 4) is 0 Å². The van der Waals surface area contributed by atoms with Crippen molar-refractivity contribution in [1.82, 2.24) is 14.8 Å². The number of halogens is 1. The normalized spacial score (nSPS) is 12.6. The molecule has 4 nitrogen and oxygen atoms in total. The number of aromatic nitrogens is 3. The first-order chi connectivity index (χ1) is 8.24. The Kier molecular flexibility index (Phi) is 3.76. The van der Waals surface area contributed by atoms with E-state index in [1.807, 2.05) is 0 Å². The van der Waals surface area contributed by atoms with E-state index >= 15 is 0 Å². The summed E-state index contributed by atoms with van der Waals surface area (Å²) in [7, 11) is 0. The second-order valence-electron chi connectivity index (χ2n) is 3.75. The minimum Gasteiger partial charge on any atom is -0.380 e. The van der Waals surface area contributed by atoms with Gasteiger partial charge < -0.3 is 5.11 Å². The smallest absolute Gasteiger partial charge is 0.139 e. The van der Waals surface area contributed by atoms with Gasteiger partial charge in [0.25, 0.3) is 0 Å². The number of aliphatic hydroxyl groups excluding tert-OH is 1. The maximum Gasteiger partial charge on any atom is 0.139 e. The Hall–Kier alpha value is -1.39. The van der Waals surface area contributed by atoms with Crippen molar-refractivity contribution in [2.45, 2.75) is 26.0 Å². The van der Waals surface area contributed by atoms with Gasteiger partial charge in [0.2, 0.25) is 0 Å². The molecule has 2 aromatic heterocycles. The number of hydrogen-bond donors (Lipinski definition) is 1. The van der Waals surface area contributed by atoms with E-state index in [2.05, 4.69) is 17.0 Å². The number of pyridine rings is 1. The highest BCUT2D eigenvalue weighted by molar-refractivity contribution is 6.31. The quantitative estimate of drug-likeness (QED) is 0.908. The van der Waals surface area contributed by atoms with Gasteiger partial charge in [-0.25, -0.2) is 0 Å². The number of aliphatic hydroxyl groups is 1. The highest BCUT2D eigenvalue weighted by Gasteiger charge is 2.18. The summed E-state index contributed by atoms with van der Waals surface area (Å²) in [6.45, 7) is 2.83. The number of hydrogen-bond acceptors (Lipinski definition) is 3. The molecule has 0 saturated carbocycles. The van der Waals surface area contributed by atoms with Crippen LogP contribution in [0.15, 0.2) is 30.6 Å². The molecule has 0 aliphatic heterocycles. The van der Waals surface area contributed by atoms with Gasteiger partial charge in [-0.1, -0.05) is 18.5 Å². The van der Waals surface area contributed by atoms with Crippen molar-refractivity contribution in [3.05, 3.63) is 47.0 Å². The molecule has 90 valence electrons. The van der Waals surface area contributed by atoms with Crippen molar-refractivity contribution in [1.29, 1.82) is 0 Å². The van der Waals surface area contributed by atoms with Gasteiger partial charge in [-0.15, -0.1) is 0 Å². The van der Waals surface area contributed by atoms with Gasteiger partial charge >= 0.3 is 0 Å². The van der Waals surface area contributed by atoms with Crippen LogP contribution in [0.4, 0.5) is 0 Å². The van der Waals surface area contributed by atoms with E-state index < -0.39 is 6.10 Å². The third-order valence-corrected chi connectivity index (χ3v) is 2.83. The van der Waals surface area contributed by atoms with Crippen LogP contribution < -0.4 is 0 Å². The van der Waals surface area contributed by atoms with Gasteiger partial charge in [-0.2, -0.15) is 5.10 Å². The summed E-state index contributed by atoms with van der Waals surface area (Å²) in [4.78, 5) is 4.11. The van der Waals surface area contributed by atoms with E-state index in [1.54, 1.807) is 35.3 Å². The lowest BCUT2D eigenvalue weighted by Gasteiger charge is -2.13. The Morgan fingerprint density at radius 1 is 1.41 bits per heavy atom. The van der Waals surface area contributed by atoms with Crippen molar-refractivity contribution in [3.63, 3.8) is 0 Å². The van der Waals surface area contributed by atoms with Crippen LogP contribution in [0, 0.1) is 0 Å². The average molecular weight is 252 g/mol. The van der Waals surface area contributed by atoms with Gasteiger partial charge in [0.05, 0.1) is 16.4 Å². The topological polar surface area (TPSA) is 50.9 Å². The molecule has 0 aromatic carbocycles. The van der Waals surface area contributed by atoms with Crippen molar-refractivity contribution in [2.75, 3.05) is 0 Å². The molecular formula is C12H14ClN3O. The molecule has 17 heavy (non-hydrogen) atoms. The molecular weight excluding hydrogens is 238 g/mol. The first-order valence-corrected chi connectivity index (χ1v) is 5.92. The van der Waals surface area contributed by atoms with Gasteiger partial charge in [0.15, 0.2) is 0 Å². The fourth-order valence-corrected chi connectivity index (χ4v) is 1.94. The molecule has 0 amide bonds. The maximum absolute atomic E-state index is 10.3. The van der Waals surface area contributed by atoms with E-state index in [1.165, 1.54) is 0 Å². The second-order valence-corrected chi connectivity index (χ2v) is 4.16. The van der Waals surface area contributed by atoms with Crippen LogP contribution in [0.5, 0.6) is 0 Å². The summed E-state index contributed by atoms with van der Waals surface area (Å²) in [6, 6.07) is 5.24. The Balaban J connectivity index is 2.34. The summed E-state index contributed by atoms with van der Waals surface area (Å²) in [5.74, 6) is 0. The molecule has 1 atom stereocenters. The maximum atomic E-state index is 10.3. The van der Waals surface area contributed by atoms with Crippen LogP contribution in [-0.4, -0.2) is 19.9 Å². The van der Waals surface area contributed by atoms with Crippen molar-refractivity contribution >= 4 is 11.6 Å². The Bertz CT molecular complexity index is 498. The molecule has 1 N–H and O–H groups in total. The SMILES string of the molecule is CCCn1nccc1C(O)c1ncccc1Cl. The summed E-state index contributed by atoms with van der Waals surface area (Å²) in [6.07, 6.45) is 3.41. The standard InChI is InChI=1S/C12H14ClN3O/c1-2-8-16-10(5-7-15-16)12(17)11-9(13)4-3-6-14-11/h3-7,12,17H,2,8H2,1H3. The predicted molar refractivity (Wildman–Crippen MR) is 65.8 cm³/mol. The molecule has 2 rings (SSSR count). The fraction of sp³-hybridized carbons (Fsp3) is 0.333. The molecule has 1 unspecified atom stereocenters.